The van der Waals surface area contributed by atoms with Gasteiger partial charge in [0.2, 0.25) is 5.91 Å². The van der Waals surface area contributed by atoms with E-state index in [0.29, 0.717) is 19.5 Å². The first kappa shape index (κ1) is 19.5. The van der Waals surface area contributed by atoms with E-state index >= 15 is 0 Å². The van der Waals surface area contributed by atoms with Crippen LogP contribution in [0.25, 0.3) is 0 Å². The molecule has 2 aliphatic heterocycles. The highest BCUT2D eigenvalue weighted by molar-refractivity contribution is 5.98. The normalized spacial score (nSPS) is 18.8. The summed E-state index contributed by atoms with van der Waals surface area (Å²) in [6.07, 6.45) is 5.46. The van der Waals surface area contributed by atoms with Crippen LogP contribution < -0.4 is 0 Å². The number of piperidine rings is 1. The maximum absolute atomic E-state index is 13.0. The number of benzene rings is 2. The van der Waals surface area contributed by atoms with Gasteiger partial charge in [-0.15, -0.1) is 0 Å². The fourth-order valence-corrected chi connectivity index (χ4v) is 4.49. The van der Waals surface area contributed by atoms with Crippen LogP contribution >= 0.6 is 0 Å². The van der Waals surface area contributed by atoms with Gasteiger partial charge in [-0.25, -0.2) is 0 Å². The number of aryl methyl sites for hydroxylation is 1. The molecule has 1 unspecified atom stereocenters. The summed E-state index contributed by atoms with van der Waals surface area (Å²) < 4.78 is 0. The first-order chi connectivity index (χ1) is 14.1. The Hall–Kier alpha value is -2.82. The Morgan fingerprint density at radius 1 is 1.07 bits per heavy atom. The number of carbonyl (C=O) groups is 2. The fraction of sp³-hybridized carbons (Fsp3) is 0.417. The lowest BCUT2D eigenvalue weighted by Gasteiger charge is -2.36. The van der Waals surface area contributed by atoms with E-state index in [2.05, 4.69) is 0 Å². The fourth-order valence-electron chi connectivity index (χ4n) is 4.49. The highest BCUT2D eigenvalue weighted by Crippen LogP contribution is 2.25. The number of carbonyl (C=O) groups excluding carboxylic acids is 2. The molecule has 0 aromatic heterocycles. The maximum Gasteiger partial charge on any atom is 0.254 e. The van der Waals surface area contributed by atoms with Gasteiger partial charge in [0.25, 0.3) is 5.91 Å². The van der Waals surface area contributed by atoms with Crippen molar-refractivity contribution in [1.82, 2.24) is 9.80 Å². The average Bonchev–Trinajstić information content (AvgIpc) is 3.08. The molecule has 4 rings (SSSR count). The van der Waals surface area contributed by atoms with E-state index in [4.69, 9.17) is 0 Å². The molecule has 1 saturated heterocycles. The summed E-state index contributed by atoms with van der Waals surface area (Å²) in [4.78, 5) is 29.3. The second-order valence-electron chi connectivity index (χ2n) is 8.08. The highest BCUT2D eigenvalue weighted by Gasteiger charge is 2.30. The second kappa shape index (κ2) is 8.68. The molecule has 5 heteroatoms. The summed E-state index contributed by atoms with van der Waals surface area (Å²) in [6.45, 7) is 1.90. The third-order valence-electron chi connectivity index (χ3n) is 6.14. The minimum Gasteiger partial charge on any atom is -0.508 e. The Morgan fingerprint density at radius 2 is 1.86 bits per heavy atom. The molecule has 0 bridgehead atoms. The summed E-state index contributed by atoms with van der Waals surface area (Å²) in [5.74, 6) is 0.474. The van der Waals surface area contributed by atoms with Crippen LogP contribution in [0.15, 0.2) is 48.5 Å². The average molecular weight is 392 g/mol. The molecule has 2 aliphatic rings. The van der Waals surface area contributed by atoms with Crippen molar-refractivity contribution in [1.29, 1.82) is 0 Å². The smallest absolute Gasteiger partial charge is 0.254 e. The molecule has 2 aromatic rings. The number of nitrogens with zero attached hydrogens (tertiary/aromatic N) is 2. The number of hydrogen-bond donors (Lipinski definition) is 1. The lowest BCUT2D eigenvalue weighted by atomic mass is 9.95. The molecule has 0 saturated carbocycles. The van der Waals surface area contributed by atoms with Crippen LogP contribution in [-0.4, -0.2) is 45.9 Å². The number of rotatable bonds is 6. The molecule has 1 fully saturated rings. The van der Waals surface area contributed by atoms with E-state index < -0.39 is 0 Å². The van der Waals surface area contributed by atoms with Crippen molar-refractivity contribution in [2.24, 2.45) is 0 Å². The lowest BCUT2D eigenvalue weighted by molar-refractivity contribution is -0.135. The van der Waals surface area contributed by atoms with E-state index in [0.717, 1.165) is 49.8 Å². The number of hydrogen-bond acceptors (Lipinski definition) is 3. The molecule has 29 heavy (non-hydrogen) atoms. The third-order valence-corrected chi connectivity index (χ3v) is 6.14. The van der Waals surface area contributed by atoms with Gasteiger partial charge < -0.3 is 14.9 Å². The number of amides is 2. The standard InChI is InChI=1S/C24H28N2O3/c27-21-12-9-18(10-13-21)8-11-20-6-3-4-15-26(20)23(28)14-16-25-17-19-5-1-2-7-22(19)24(25)29/h1-2,5,7,9-10,12-13,20,27H,3-4,6,8,11,14-17H2. The first-order valence-corrected chi connectivity index (χ1v) is 10.6. The maximum atomic E-state index is 13.0. The summed E-state index contributed by atoms with van der Waals surface area (Å²) >= 11 is 0. The van der Waals surface area contributed by atoms with Gasteiger partial charge in [-0.2, -0.15) is 0 Å². The van der Waals surface area contributed by atoms with Gasteiger partial charge >= 0.3 is 0 Å². The van der Waals surface area contributed by atoms with Crippen molar-refractivity contribution >= 4 is 11.8 Å². The van der Waals surface area contributed by atoms with Crippen molar-refractivity contribution in [2.75, 3.05) is 13.1 Å². The Kier molecular flexibility index (Phi) is 5.84. The molecule has 5 nitrogen and oxygen atoms in total. The largest absolute Gasteiger partial charge is 0.508 e. The van der Waals surface area contributed by atoms with Gasteiger partial charge in [0.1, 0.15) is 5.75 Å². The van der Waals surface area contributed by atoms with Gasteiger partial charge in [-0.3, -0.25) is 9.59 Å². The SMILES string of the molecule is O=C1c2ccccc2CN1CCC(=O)N1CCCCC1CCc1ccc(O)cc1. The van der Waals surface area contributed by atoms with Crippen LogP contribution in [0.4, 0.5) is 0 Å². The minimum absolute atomic E-state index is 0.0379. The number of aromatic hydroxyl groups is 1. The monoisotopic (exact) mass is 392 g/mol. The Bertz CT molecular complexity index is 878. The van der Waals surface area contributed by atoms with Crippen LogP contribution in [0.3, 0.4) is 0 Å². The molecular weight excluding hydrogens is 364 g/mol. The molecule has 2 aromatic carbocycles. The molecule has 1 atom stereocenters. The molecular formula is C24H28N2O3. The molecule has 2 amide bonds. The Labute approximate surface area is 171 Å². The lowest BCUT2D eigenvalue weighted by Crippen LogP contribution is -2.45. The van der Waals surface area contributed by atoms with Crippen LogP contribution in [0.5, 0.6) is 5.75 Å². The van der Waals surface area contributed by atoms with Crippen molar-refractivity contribution in [3.05, 3.63) is 65.2 Å². The first-order valence-electron chi connectivity index (χ1n) is 10.6. The molecule has 0 spiro atoms. The molecule has 2 heterocycles. The predicted octanol–water partition coefficient (Wildman–Crippen LogP) is 3.75. The Morgan fingerprint density at radius 3 is 2.66 bits per heavy atom. The third kappa shape index (κ3) is 4.44. The molecule has 0 aliphatic carbocycles. The Balaban J connectivity index is 1.32. The highest BCUT2D eigenvalue weighted by atomic mass is 16.3. The van der Waals surface area contributed by atoms with Gasteiger partial charge in [0.15, 0.2) is 0 Å². The summed E-state index contributed by atoms with van der Waals surface area (Å²) in [6, 6.07) is 15.3. The van der Waals surface area contributed by atoms with E-state index in [1.807, 2.05) is 41.3 Å². The quantitative estimate of drug-likeness (QED) is 0.814. The zero-order chi connectivity index (χ0) is 20.2. The van der Waals surface area contributed by atoms with Crippen molar-refractivity contribution < 1.29 is 14.7 Å². The van der Waals surface area contributed by atoms with Gasteiger partial charge in [0, 0.05) is 37.7 Å². The van der Waals surface area contributed by atoms with Crippen molar-refractivity contribution in [2.45, 2.75) is 51.1 Å². The van der Waals surface area contributed by atoms with Crippen LogP contribution in [-0.2, 0) is 17.8 Å². The van der Waals surface area contributed by atoms with Crippen LogP contribution in [0.1, 0.15) is 53.6 Å². The summed E-state index contributed by atoms with van der Waals surface area (Å²) in [5.41, 5.74) is 3.00. The van der Waals surface area contributed by atoms with Crippen LogP contribution in [0.2, 0.25) is 0 Å². The minimum atomic E-state index is 0.0379. The van der Waals surface area contributed by atoms with Crippen molar-refractivity contribution in [3.8, 4) is 5.75 Å². The molecule has 152 valence electrons. The second-order valence-corrected chi connectivity index (χ2v) is 8.08. The number of phenolic OH excluding ortho intramolecular Hbond substituents is 1. The molecule has 1 N–H and O–H groups in total. The van der Waals surface area contributed by atoms with Gasteiger partial charge in [-0.1, -0.05) is 30.3 Å². The zero-order valence-electron chi connectivity index (χ0n) is 16.7. The summed E-state index contributed by atoms with van der Waals surface area (Å²) in [5, 5.41) is 9.43. The molecule has 0 radical (unpaired) electrons. The predicted molar refractivity (Wildman–Crippen MR) is 112 cm³/mol. The van der Waals surface area contributed by atoms with E-state index in [9.17, 15) is 14.7 Å². The van der Waals surface area contributed by atoms with E-state index in [1.54, 1.807) is 17.0 Å². The summed E-state index contributed by atoms with van der Waals surface area (Å²) in [7, 11) is 0. The van der Waals surface area contributed by atoms with E-state index in [-0.39, 0.29) is 23.6 Å². The van der Waals surface area contributed by atoms with Gasteiger partial charge in [0.05, 0.1) is 0 Å². The van der Waals surface area contributed by atoms with Crippen molar-refractivity contribution in [3.63, 3.8) is 0 Å². The zero-order valence-corrected chi connectivity index (χ0v) is 16.7. The van der Waals surface area contributed by atoms with Crippen LogP contribution in [0, 0.1) is 0 Å². The topological polar surface area (TPSA) is 60.9 Å². The number of likely N-dealkylation sites (tertiary alicyclic amines) is 1. The number of fused-ring (bicyclic) bond motifs is 1. The van der Waals surface area contributed by atoms with Gasteiger partial charge in [-0.05, 0) is 61.4 Å². The van der Waals surface area contributed by atoms with E-state index in [1.165, 1.54) is 5.56 Å². The number of phenols is 1.